The van der Waals surface area contributed by atoms with Gasteiger partial charge >= 0.3 is 0 Å². The van der Waals surface area contributed by atoms with Gasteiger partial charge < -0.3 is 5.32 Å². The van der Waals surface area contributed by atoms with Crippen LogP contribution in [0.2, 0.25) is 0 Å². The Balaban J connectivity index is 0.00000121. The topological polar surface area (TPSA) is 46.0 Å². The van der Waals surface area contributed by atoms with Gasteiger partial charge in [-0.25, -0.2) is 9.67 Å². The van der Waals surface area contributed by atoms with Gasteiger partial charge in [-0.15, -0.1) is 12.4 Å². The quantitative estimate of drug-likeness (QED) is 0.914. The van der Waals surface area contributed by atoms with Crippen LogP contribution in [0, 0.1) is 0 Å². The molecule has 1 aromatic heterocycles. The number of benzene rings is 1. The van der Waals surface area contributed by atoms with Crippen LogP contribution < -0.4 is 5.32 Å². The Morgan fingerprint density at radius 2 is 2.20 bits per heavy atom. The number of rotatable bonds is 2. The maximum absolute atomic E-state index is 4.32. The van der Waals surface area contributed by atoms with Crippen LogP contribution in [0.4, 0.5) is 5.69 Å². The van der Waals surface area contributed by atoms with Crippen molar-refractivity contribution in [3.63, 3.8) is 0 Å². The van der Waals surface area contributed by atoms with Crippen LogP contribution >= 0.6 is 12.4 Å². The molecule has 106 valence electrons. The molecule has 0 bridgehead atoms. The summed E-state index contributed by atoms with van der Waals surface area (Å²) in [5.41, 5.74) is 4.22. The number of nitrogens with one attached hydrogen (secondary N) is 1. The fourth-order valence-corrected chi connectivity index (χ4v) is 3.03. The molecule has 0 saturated heterocycles. The standard InChI is InChI=1S/C14H17N5.ClH/c1-2-11-4-5-15-14(11)12(3-1)8-18-6-7-19-13(9-18)16-10-17-19;/h1-3,10,15H,4-9H2;1H. The minimum atomic E-state index is 0. The first-order valence-electron chi connectivity index (χ1n) is 6.84. The van der Waals surface area contributed by atoms with Crippen molar-refractivity contribution in [1.29, 1.82) is 0 Å². The normalized spacial score (nSPS) is 17.0. The number of aromatic nitrogens is 3. The van der Waals surface area contributed by atoms with Crippen LogP contribution in [0.25, 0.3) is 0 Å². The van der Waals surface area contributed by atoms with Gasteiger partial charge in [0.05, 0.1) is 13.1 Å². The average Bonchev–Trinajstić information content (AvgIpc) is 3.06. The third-order valence-corrected chi connectivity index (χ3v) is 4.02. The van der Waals surface area contributed by atoms with E-state index in [1.54, 1.807) is 6.33 Å². The van der Waals surface area contributed by atoms with E-state index in [1.807, 2.05) is 4.68 Å². The maximum Gasteiger partial charge on any atom is 0.141 e. The molecule has 4 rings (SSSR count). The van der Waals surface area contributed by atoms with Gasteiger partial charge in [0, 0.05) is 25.3 Å². The lowest BCUT2D eigenvalue weighted by molar-refractivity contribution is 0.202. The Morgan fingerprint density at radius 1 is 1.25 bits per heavy atom. The molecule has 1 aromatic carbocycles. The molecule has 0 fully saturated rings. The van der Waals surface area contributed by atoms with Gasteiger partial charge in [-0.2, -0.15) is 5.10 Å². The van der Waals surface area contributed by atoms with E-state index >= 15 is 0 Å². The van der Waals surface area contributed by atoms with Crippen molar-refractivity contribution < 1.29 is 0 Å². The lowest BCUT2D eigenvalue weighted by Crippen LogP contribution is -2.34. The molecule has 20 heavy (non-hydrogen) atoms. The molecule has 0 saturated carbocycles. The highest BCUT2D eigenvalue weighted by Crippen LogP contribution is 2.28. The summed E-state index contributed by atoms with van der Waals surface area (Å²) in [7, 11) is 0. The molecular weight excluding hydrogens is 274 g/mol. The Hall–Kier alpha value is -1.59. The van der Waals surface area contributed by atoms with Crippen molar-refractivity contribution >= 4 is 18.1 Å². The van der Waals surface area contributed by atoms with E-state index in [0.717, 1.165) is 45.0 Å². The third-order valence-electron chi connectivity index (χ3n) is 4.02. The molecule has 5 nitrogen and oxygen atoms in total. The van der Waals surface area contributed by atoms with Gasteiger partial charge in [-0.3, -0.25) is 4.90 Å². The second kappa shape index (κ2) is 5.42. The van der Waals surface area contributed by atoms with Crippen molar-refractivity contribution in [2.24, 2.45) is 0 Å². The monoisotopic (exact) mass is 291 g/mol. The summed E-state index contributed by atoms with van der Waals surface area (Å²) in [4.78, 5) is 6.76. The van der Waals surface area contributed by atoms with Gasteiger partial charge in [-0.05, 0) is 17.5 Å². The number of halogens is 1. The van der Waals surface area contributed by atoms with Crippen molar-refractivity contribution in [1.82, 2.24) is 19.7 Å². The number of hydrogen-bond acceptors (Lipinski definition) is 4. The zero-order chi connectivity index (χ0) is 12.7. The molecule has 0 unspecified atom stereocenters. The lowest BCUT2D eigenvalue weighted by Gasteiger charge is -2.27. The minimum absolute atomic E-state index is 0. The molecule has 0 amide bonds. The summed E-state index contributed by atoms with van der Waals surface area (Å²) >= 11 is 0. The second-order valence-corrected chi connectivity index (χ2v) is 5.24. The van der Waals surface area contributed by atoms with Crippen molar-refractivity contribution in [3.05, 3.63) is 41.5 Å². The fourth-order valence-electron chi connectivity index (χ4n) is 3.03. The molecule has 2 aromatic rings. The average molecular weight is 292 g/mol. The molecule has 3 heterocycles. The summed E-state index contributed by atoms with van der Waals surface area (Å²) in [5, 5.41) is 7.74. The van der Waals surface area contributed by atoms with Crippen molar-refractivity contribution in [3.8, 4) is 0 Å². The first-order chi connectivity index (χ1) is 9.40. The summed E-state index contributed by atoms with van der Waals surface area (Å²) in [6.07, 6.45) is 2.80. The highest BCUT2D eigenvalue weighted by molar-refractivity contribution is 5.85. The molecule has 0 atom stereocenters. The highest BCUT2D eigenvalue weighted by atomic mass is 35.5. The van der Waals surface area contributed by atoms with E-state index in [-0.39, 0.29) is 12.4 Å². The predicted molar refractivity (Wildman–Crippen MR) is 80.0 cm³/mol. The van der Waals surface area contributed by atoms with Crippen molar-refractivity contribution in [2.45, 2.75) is 26.1 Å². The molecule has 0 aliphatic carbocycles. The smallest absolute Gasteiger partial charge is 0.141 e. The highest BCUT2D eigenvalue weighted by Gasteiger charge is 2.20. The van der Waals surface area contributed by atoms with E-state index in [4.69, 9.17) is 0 Å². The fraction of sp³-hybridized carbons (Fsp3) is 0.429. The van der Waals surface area contributed by atoms with Crippen LogP contribution in [-0.4, -0.2) is 32.8 Å². The van der Waals surface area contributed by atoms with E-state index in [9.17, 15) is 0 Å². The zero-order valence-electron chi connectivity index (χ0n) is 11.2. The zero-order valence-corrected chi connectivity index (χ0v) is 12.1. The summed E-state index contributed by atoms with van der Waals surface area (Å²) in [6.45, 7) is 4.94. The molecular formula is C14H18ClN5. The second-order valence-electron chi connectivity index (χ2n) is 5.24. The molecule has 0 spiro atoms. The maximum atomic E-state index is 4.32. The van der Waals surface area contributed by atoms with Crippen molar-refractivity contribution in [2.75, 3.05) is 18.4 Å². The molecule has 2 aliphatic heterocycles. The molecule has 0 radical (unpaired) electrons. The first kappa shape index (κ1) is 13.4. The van der Waals surface area contributed by atoms with Gasteiger partial charge in [0.1, 0.15) is 12.2 Å². The van der Waals surface area contributed by atoms with Crippen LogP contribution in [0.3, 0.4) is 0 Å². The Kier molecular flexibility index (Phi) is 3.63. The van der Waals surface area contributed by atoms with Gasteiger partial charge in [0.15, 0.2) is 0 Å². The summed E-state index contributed by atoms with van der Waals surface area (Å²) < 4.78 is 2.00. The Morgan fingerprint density at radius 3 is 3.15 bits per heavy atom. The van der Waals surface area contributed by atoms with Gasteiger partial charge in [-0.1, -0.05) is 18.2 Å². The summed E-state index contributed by atoms with van der Waals surface area (Å²) in [6, 6.07) is 6.63. The van der Waals surface area contributed by atoms with Gasteiger partial charge in [0.25, 0.3) is 0 Å². The lowest BCUT2D eigenvalue weighted by atomic mass is 10.1. The van der Waals surface area contributed by atoms with E-state index < -0.39 is 0 Å². The van der Waals surface area contributed by atoms with Gasteiger partial charge in [0.2, 0.25) is 0 Å². The largest absolute Gasteiger partial charge is 0.384 e. The predicted octanol–water partition coefficient (Wildman–Crippen LogP) is 1.68. The number of nitrogens with zero attached hydrogens (tertiary/aromatic N) is 4. The number of fused-ring (bicyclic) bond motifs is 2. The third kappa shape index (κ3) is 2.27. The van der Waals surface area contributed by atoms with Crippen LogP contribution in [0.15, 0.2) is 24.5 Å². The minimum Gasteiger partial charge on any atom is -0.384 e. The van der Waals surface area contributed by atoms with Crippen LogP contribution in [0.1, 0.15) is 17.0 Å². The van der Waals surface area contributed by atoms with Crippen LogP contribution in [0.5, 0.6) is 0 Å². The Bertz CT molecular complexity index is 609. The molecule has 6 heteroatoms. The summed E-state index contributed by atoms with van der Waals surface area (Å²) in [5.74, 6) is 1.08. The van der Waals surface area contributed by atoms with E-state index in [0.29, 0.717) is 0 Å². The number of hydrogen-bond donors (Lipinski definition) is 1. The molecule has 2 aliphatic rings. The van der Waals surface area contributed by atoms with E-state index in [2.05, 4.69) is 38.5 Å². The first-order valence-corrected chi connectivity index (χ1v) is 6.84. The SMILES string of the molecule is Cl.c1cc2c(c(CN3CCn4ncnc4C3)c1)NCC2. The van der Waals surface area contributed by atoms with Crippen LogP contribution in [-0.2, 0) is 26.1 Å². The Labute approximate surface area is 124 Å². The molecule has 1 N–H and O–H groups in total. The van der Waals surface area contributed by atoms with E-state index in [1.165, 1.54) is 16.8 Å². The number of anilines is 1. The number of para-hydroxylation sites is 1.